The quantitative estimate of drug-likeness (QED) is 0.740. The molecule has 3 rings (SSSR count). The molecule has 1 atom stereocenters. The molecule has 0 bridgehead atoms. The van der Waals surface area contributed by atoms with Gasteiger partial charge in [-0.2, -0.15) is 0 Å². The molecular formula is C19H26N2O4. The van der Waals surface area contributed by atoms with Gasteiger partial charge in [0.25, 0.3) is 0 Å². The van der Waals surface area contributed by atoms with Crippen molar-refractivity contribution in [2.75, 3.05) is 20.3 Å². The zero-order chi connectivity index (χ0) is 17.6. The van der Waals surface area contributed by atoms with Crippen molar-refractivity contribution in [2.24, 2.45) is 5.92 Å². The number of methoxy groups -OCH3 is 1. The van der Waals surface area contributed by atoms with Crippen LogP contribution in [-0.2, 0) is 4.74 Å². The van der Waals surface area contributed by atoms with Crippen LogP contribution >= 0.6 is 0 Å². The molecule has 0 amide bonds. The van der Waals surface area contributed by atoms with Gasteiger partial charge in [0.1, 0.15) is 6.10 Å². The minimum atomic E-state index is -0.0875. The highest BCUT2D eigenvalue weighted by atomic mass is 16.5. The topological polar surface area (TPSA) is 66.6 Å². The van der Waals surface area contributed by atoms with Crippen LogP contribution in [0.2, 0.25) is 0 Å². The second kappa shape index (κ2) is 8.34. The number of hydrogen-bond acceptors (Lipinski definition) is 6. The lowest BCUT2D eigenvalue weighted by atomic mass is 10.1. The maximum atomic E-state index is 5.82. The van der Waals surface area contributed by atoms with Crippen molar-refractivity contribution in [3.8, 4) is 23.0 Å². The Bertz CT molecular complexity index is 678. The molecule has 1 aliphatic rings. The van der Waals surface area contributed by atoms with E-state index in [0.29, 0.717) is 30.1 Å². The molecule has 0 N–H and O–H groups in total. The molecular weight excluding hydrogens is 320 g/mol. The zero-order valence-electron chi connectivity index (χ0n) is 15.2. The third kappa shape index (κ3) is 4.51. The van der Waals surface area contributed by atoms with Gasteiger partial charge in [-0.05, 0) is 49.8 Å². The van der Waals surface area contributed by atoms with Gasteiger partial charge >= 0.3 is 0 Å². The molecule has 1 aliphatic heterocycles. The molecule has 0 spiro atoms. The summed E-state index contributed by atoms with van der Waals surface area (Å²) in [5.74, 6) is 3.00. The Labute approximate surface area is 148 Å². The predicted molar refractivity (Wildman–Crippen MR) is 93.8 cm³/mol. The number of hydrogen-bond donors (Lipinski definition) is 0. The van der Waals surface area contributed by atoms with Crippen molar-refractivity contribution >= 4 is 0 Å². The monoisotopic (exact) mass is 346 g/mol. The summed E-state index contributed by atoms with van der Waals surface area (Å²) < 4.78 is 22.8. The molecule has 2 aromatic rings. The third-order valence-electron chi connectivity index (χ3n) is 4.26. The first-order chi connectivity index (χ1) is 12.2. The van der Waals surface area contributed by atoms with Crippen molar-refractivity contribution in [3.05, 3.63) is 24.1 Å². The summed E-state index contributed by atoms with van der Waals surface area (Å²) in [7, 11) is 1.63. The van der Waals surface area contributed by atoms with Crippen molar-refractivity contribution in [1.29, 1.82) is 0 Å². The van der Waals surface area contributed by atoms with Gasteiger partial charge in [-0.15, -0.1) is 10.2 Å². The van der Waals surface area contributed by atoms with Crippen LogP contribution < -0.4 is 9.47 Å². The first-order valence-corrected chi connectivity index (χ1v) is 8.93. The van der Waals surface area contributed by atoms with Crippen molar-refractivity contribution in [3.63, 3.8) is 0 Å². The number of rotatable bonds is 7. The van der Waals surface area contributed by atoms with Crippen molar-refractivity contribution in [1.82, 2.24) is 10.2 Å². The van der Waals surface area contributed by atoms with E-state index in [0.717, 1.165) is 43.6 Å². The van der Waals surface area contributed by atoms with Crippen LogP contribution in [0.25, 0.3) is 11.5 Å². The SMILES string of the molecule is COc1cc(-c2nnc([C@@H]3CCCCO3)o2)ccc1OCCC(C)C. The van der Waals surface area contributed by atoms with E-state index < -0.39 is 0 Å². The summed E-state index contributed by atoms with van der Waals surface area (Å²) >= 11 is 0. The first-order valence-electron chi connectivity index (χ1n) is 8.93. The molecule has 0 saturated carbocycles. The molecule has 0 aliphatic carbocycles. The van der Waals surface area contributed by atoms with E-state index in [9.17, 15) is 0 Å². The molecule has 136 valence electrons. The van der Waals surface area contributed by atoms with Gasteiger partial charge in [0.2, 0.25) is 11.8 Å². The van der Waals surface area contributed by atoms with Crippen LogP contribution in [-0.4, -0.2) is 30.5 Å². The smallest absolute Gasteiger partial charge is 0.248 e. The van der Waals surface area contributed by atoms with Gasteiger partial charge in [-0.1, -0.05) is 13.8 Å². The number of nitrogens with zero attached hydrogens (tertiary/aromatic N) is 2. The van der Waals surface area contributed by atoms with E-state index in [1.165, 1.54) is 0 Å². The molecule has 6 heteroatoms. The van der Waals surface area contributed by atoms with Crippen LogP contribution in [0.3, 0.4) is 0 Å². The lowest BCUT2D eigenvalue weighted by Gasteiger charge is -2.18. The fourth-order valence-corrected chi connectivity index (χ4v) is 2.74. The summed E-state index contributed by atoms with van der Waals surface area (Å²) in [6.45, 7) is 5.76. The van der Waals surface area contributed by atoms with E-state index in [1.807, 2.05) is 18.2 Å². The van der Waals surface area contributed by atoms with E-state index >= 15 is 0 Å². The van der Waals surface area contributed by atoms with Gasteiger partial charge in [-0.3, -0.25) is 0 Å². The molecule has 25 heavy (non-hydrogen) atoms. The Balaban J connectivity index is 1.73. The standard InChI is InChI=1S/C19H26N2O4/c1-13(2)9-11-24-15-8-7-14(12-17(15)22-3)18-20-21-19(25-18)16-6-4-5-10-23-16/h7-8,12-13,16H,4-6,9-11H2,1-3H3/t16-/m0/s1. The molecule has 1 saturated heterocycles. The fourth-order valence-electron chi connectivity index (χ4n) is 2.74. The minimum Gasteiger partial charge on any atom is -0.493 e. The summed E-state index contributed by atoms with van der Waals surface area (Å²) in [4.78, 5) is 0. The maximum absolute atomic E-state index is 5.82. The highest BCUT2D eigenvalue weighted by Gasteiger charge is 2.22. The average molecular weight is 346 g/mol. The predicted octanol–water partition coefficient (Wildman–Crippen LogP) is 4.41. The largest absolute Gasteiger partial charge is 0.493 e. The van der Waals surface area contributed by atoms with Gasteiger partial charge in [0.15, 0.2) is 11.5 Å². The Hall–Kier alpha value is -2.08. The lowest BCUT2D eigenvalue weighted by molar-refractivity contribution is -0.00126. The first kappa shape index (κ1) is 17.7. The fraction of sp³-hybridized carbons (Fsp3) is 0.579. The van der Waals surface area contributed by atoms with Gasteiger partial charge < -0.3 is 18.6 Å². The van der Waals surface area contributed by atoms with Crippen molar-refractivity contribution < 1.29 is 18.6 Å². The number of aromatic nitrogens is 2. The molecule has 1 fully saturated rings. The zero-order valence-corrected chi connectivity index (χ0v) is 15.2. The Kier molecular flexibility index (Phi) is 5.91. The maximum Gasteiger partial charge on any atom is 0.248 e. The van der Waals surface area contributed by atoms with E-state index in [2.05, 4.69) is 24.0 Å². The summed E-state index contributed by atoms with van der Waals surface area (Å²) in [5, 5.41) is 8.31. The molecule has 1 aromatic carbocycles. The highest BCUT2D eigenvalue weighted by molar-refractivity contribution is 5.59. The van der Waals surface area contributed by atoms with Crippen LogP contribution in [0.15, 0.2) is 22.6 Å². The number of ether oxygens (including phenoxy) is 3. The Morgan fingerprint density at radius 1 is 1.20 bits per heavy atom. The molecule has 2 heterocycles. The Morgan fingerprint density at radius 3 is 2.80 bits per heavy atom. The van der Waals surface area contributed by atoms with Gasteiger partial charge in [-0.25, -0.2) is 0 Å². The summed E-state index contributed by atoms with van der Waals surface area (Å²) in [6.07, 6.45) is 4.05. The third-order valence-corrected chi connectivity index (χ3v) is 4.26. The number of benzene rings is 1. The molecule has 1 aromatic heterocycles. The van der Waals surface area contributed by atoms with Crippen LogP contribution in [0.4, 0.5) is 0 Å². The summed E-state index contributed by atoms with van der Waals surface area (Å²) in [6, 6.07) is 5.66. The van der Waals surface area contributed by atoms with E-state index in [-0.39, 0.29) is 6.10 Å². The van der Waals surface area contributed by atoms with Crippen LogP contribution in [0.5, 0.6) is 11.5 Å². The molecule has 6 nitrogen and oxygen atoms in total. The second-order valence-corrected chi connectivity index (χ2v) is 6.70. The lowest BCUT2D eigenvalue weighted by Crippen LogP contribution is -2.11. The highest BCUT2D eigenvalue weighted by Crippen LogP contribution is 2.34. The molecule has 0 radical (unpaired) electrons. The van der Waals surface area contributed by atoms with E-state index in [1.54, 1.807) is 7.11 Å². The van der Waals surface area contributed by atoms with Gasteiger partial charge in [0.05, 0.1) is 13.7 Å². The van der Waals surface area contributed by atoms with Crippen LogP contribution in [0, 0.1) is 5.92 Å². The minimum absolute atomic E-state index is 0.0875. The van der Waals surface area contributed by atoms with E-state index in [4.69, 9.17) is 18.6 Å². The summed E-state index contributed by atoms with van der Waals surface area (Å²) in [5.41, 5.74) is 0.808. The normalized spacial score (nSPS) is 17.7. The molecule has 0 unspecified atom stereocenters. The average Bonchev–Trinajstić information content (AvgIpc) is 3.12. The van der Waals surface area contributed by atoms with Crippen molar-refractivity contribution in [2.45, 2.75) is 45.6 Å². The second-order valence-electron chi connectivity index (χ2n) is 6.70. The Morgan fingerprint density at radius 2 is 2.08 bits per heavy atom. The van der Waals surface area contributed by atoms with Gasteiger partial charge in [0, 0.05) is 12.2 Å². The van der Waals surface area contributed by atoms with Crippen LogP contribution in [0.1, 0.15) is 51.5 Å².